The molecule has 168 valence electrons. The van der Waals surface area contributed by atoms with E-state index < -0.39 is 27.5 Å². The molecule has 3 aromatic rings. The van der Waals surface area contributed by atoms with Crippen LogP contribution in [0.5, 0.6) is 5.75 Å². The highest BCUT2D eigenvalue weighted by molar-refractivity contribution is 7.92. The van der Waals surface area contributed by atoms with Gasteiger partial charge >= 0.3 is 5.97 Å². The molecule has 0 bridgehead atoms. The summed E-state index contributed by atoms with van der Waals surface area (Å²) in [6, 6.07) is 10.8. The van der Waals surface area contributed by atoms with Crippen molar-refractivity contribution in [2.24, 2.45) is 4.99 Å². The fourth-order valence-electron chi connectivity index (χ4n) is 2.97. The van der Waals surface area contributed by atoms with Gasteiger partial charge in [0, 0.05) is 6.54 Å². The van der Waals surface area contributed by atoms with Crippen molar-refractivity contribution in [3.63, 3.8) is 0 Å². The van der Waals surface area contributed by atoms with Gasteiger partial charge in [-0.05, 0) is 49.4 Å². The van der Waals surface area contributed by atoms with Crippen molar-refractivity contribution in [1.29, 1.82) is 0 Å². The number of amides is 1. The number of thiazole rings is 1. The summed E-state index contributed by atoms with van der Waals surface area (Å²) in [5.41, 5.74) is 1.12. The fourth-order valence-corrected chi connectivity index (χ4v) is 5.18. The maximum atomic E-state index is 12.6. The van der Waals surface area contributed by atoms with Crippen molar-refractivity contribution < 1.29 is 27.5 Å². The SMILES string of the molecule is C=CCn1c(=NC(=O)CS(=O)(=O)c2ccc(OC)cc2)sc2cc(C(=O)OCC)ccc21. The molecular formula is C22H22N2O6S2. The van der Waals surface area contributed by atoms with Crippen LogP contribution in [0.25, 0.3) is 10.2 Å². The number of benzene rings is 2. The van der Waals surface area contributed by atoms with Gasteiger partial charge in [-0.3, -0.25) is 4.79 Å². The van der Waals surface area contributed by atoms with E-state index in [0.717, 1.165) is 5.52 Å². The third-order valence-corrected chi connectivity index (χ3v) is 7.12. The predicted octanol–water partition coefficient (Wildman–Crippen LogP) is 2.98. The van der Waals surface area contributed by atoms with E-state index >= 15 is 0 Å². The Morgan fingerprint density at radius 1 is 1.19 bits per heavy atom. The van der Waals surface area contributed by atoms with E-state index in [-0.39, 0.29) is 11.5 Å². The van der Waals surface area contributed by atoms with Crippen LogP contribution >= 0.6 is 11.3 Å². The van der Waals surface area contributed by atoms with Crippen LogP contribution in [0, 0.1) is 0 Å². The number of hydrogen-bond donors (Lipinski definition) is 0. The van der Waals surface area contributed by atoms with Gasteiger partial charge in [-0.2, -0.15) is 4.99 Å². The number of sulfone groups is 1. The Kier molecular flexibility index (Phi) is 7.26. The summed E-state index contributed by atoms with van der Waals surface area (Å²) >= 11 is 1.18. The van der Waals surface area contributed by atoms with Crippen molar-refractivity contribution in [3.8, 4) is 5.75 Å². The number of hydrogen-bond acceptors (Lipinski definition) is 7. The van der Waals surface area contributed by atoms with Crippen LogP contribution < -0.4 is 9.54 Å². The summed E-state index contributed by atoms with van der Waals surface area (Å²) in [6.45, 7) is 6.06. The van der Waals surface area contributed by atoms with Crippen molar-refractivity contribution in [2.45, 2.75) is 18.4 Å². The van der Waals surface area contributed by atoms with E-state index in [1.165, 1.54) is 42.7 Å². The maximum absolute atomic E-state index is 12.6. The van der Waals surface area contributed by atoms with E-state index in [1.807, 2.05) is 0 Å². The minimum Gasteiger partial charge on any atom is -0.497 e. The molecule has 0 fully saturated rings. The summed E-state index contributed by atoms with van der Waals surface area (Å²) in [5, 5.41) is 0. The molecule has 0 N–H and O–H groups in total. The second-order valence-electron chi connectivity index (χ2n) is 6.63. The molecule has 0 aliphatic heterocycles. The lowest BCUT2D eigenvalue weighted by Crippen LogP contribution is -2.20. The van der Waals surface area contributed by atoms with Crippen LogP contribution in [-0.2, 0) is 25.9 Å². The molecule has 1 aromatic heterocycles. The van der Waals surface area contributed by atoms with E-state index in [1.54, 1.807) is 35.8 Å². The quantitative estimate of drug-likeness (QED) is 0.367. The molecule has 0 atom stereocenters. The second kappa shape index (κ2) is 9.92. The Hall–Kier alpha value is -3.24. The highest BCUT2D eigenvalue weighted by atomic mass is 32.2. The Labute approximate surface area is 189 Å². The van der Waals surface area contributed by atoms with Gasteiger partial charge in [-0.15, -0.1) is 6.58 Å². The smallest absolute Gasteiger partial charge is 0.338 e. The number of fused-ring (bicyclic) bond motifs is 1. The molecule has 1 heterocycles. The lowest BCUT2D eigenvalue weighted by molar-refractivity contribution is -0.115. The van der Waals surface area contributed by atoms with E-state index in [0.29, 0.717) is 27.4 Å². The number of methoxy groups -OCH3 is 1. The predicted molar refractivity (Wildman–Crippen MR) is 122 cm³/mol. The molecule has 0 saturated heterocycles. The minimum atomic E-state index is -3.87. The van der Waals surface area contributed by atoms with Gasteiger partial charge < -0.3 is 14.0 Å². The van der Waals surface area contributed by atoms with E-state index in [2.05, 4.69) is 11.6 Å². The molecule has 8 nitrogen and oxygen atoms in total. The zero-order valence-corrected chi connectivity index (χ0v) is 19.2. The summed E-state index contributed by atoms with van der Waals surface area (Å²) in [6.07, 6.45) is 1.64. The first kappa shape index (κ1) is 23.4. The number of nitrogens with zero attached hydrogens (tertiary/aromatic N) is 2. The van der Waals surface area contributed by atoms with Crippen LogP contribution in [0.15, 0.2) is 65.0 Å². The van der Waals surface area contributed by atoms with Crippen LogP contribution in [0.1, 0.15) is 17.3 Å². The Morgan fingerprint density at radius 3 is 2.53 bits per heavy atom. The van der Waals surface area contributed by atoms with E-state index in [9.17, 15) is 18.0 Å². The second-order valence-corrected chi connectivity index (χ2v) is 9.63. The average Bonchev–Trinajstić information content (AvgIpc) is 3.09. The van der Waals surface area contributed by atoms with Crippen molar-refractivity contribution in [3.05, 3.63) is 65.5 Å². The number of carbonyl (C=O) groups excluding carboxylic acids is 2. The zero-order valence-electron chi connectivity index (χ0n) is 17.6. The number of carbonyl (C=O) groups is 2. The third-order valence-electron chi connectivity index (χ3n) is 4.46. The van der Waals surface area contributed by atoms with Crippen molar-refractivity contribution in [1.82, 2.24) is 4.57 Å². The summed E-state index contributed by atoms with van der Waals surface area (Å²) in [7, 11) is -2.39. The lowest BCUT2D eigenvalue weighted by Gasteiger charge is -2.04. The standard InChI is InChI=1S/C22H22N2O6S2/c1-4-12-24-18-11-6-15(21(26)30-5-2)13-19(18)31-22(24)23-20(25)14-32(27,28)17-9-7-16(29-3)8-10-17/h4,6-11,13H,1,5,12,14H2,2-3H3. The molecular weight excluding hydrogens is 452 g/mol. The minimum absolute atomic E-state index is 0.0104. The number of rotatable bonds is 8. The molecule has 32 heavy (non-hydrogen) atoms. The number of aromatic nitrogens is 1. The van der Waals surface area contributed by atoms with Gasteiger partial charge in [0.1, 0.15) is 11.5 Å². The van der Waals surface area contributed by atoms with E-state index in [4.69, 9.17) is 9.47 Å². The van der Waals surface area contributed by atoms with Gasteiger partial charge in [-0.1, -0.05) is 17.4 Å². The first-order valence-electron chi connectivity index (χ1n) is 9.65. The number of esters is 1. The van der Waals surface area contributed by atoms with Gasteiger partial charge in [0.2, 0.25) is 0 Å². The molecule has 0 radical (unpaired) electrons. The maximum Gasteiger partial charge on any atom is 0.338 e. The lowest BCUT2D eigenvalue weighted by atomic mass is 10.2. The molecule has 0 saturated carbocycles. The Morgan fingerprint density at radius 2 is 1.91 bits per heavy atom. The van der Waals surface area contributed by atoms with Crippen LogP contribution in [-0.4, -0.2) is 44.3 Å². The molecule has 1 amide bonds. The monoisotopic (exact) mass is 474 g/mol. The van der Waals surface area contributed by atoms with Crippen LogP contribution in [0.4, 0.5) is 0 Å². The fraction of sp³-hybridized carbons (Fsp3) is 0.227. The number of ether oxygens (including phenoxy) is 2. The first-order valence-corrected chi connectivity index (χ1v) is 12.1. The zero-order chi connectivity index (χ0) is 23.3. The summed E-state index contributed by atoms with van der Waals surface area (Å²) in [4.78, 5) is 28.9. The molecule has 0 spiro atoms. The molecule has 3 rings (SSSR count). The van der Waals surface area contributed by atoms with Crippen molar-refractivity contribution >= 4 is 43.3 Å². The first-order chi connectivity index (χ1) is 15.3. The topological polar surface area (TPSA) is 104 Å². The molecule has 2 aromatic carbocycles. The molecule has 0 aliphatic carbocycles. The summed E-state index contributed by atoms with van der Waals surface area (Å²) in [5.74, 6) is -1.50. The van der Waals surface area contributed by atoms with Crippen molar-refractivity contribution in [2.75, 3.05) is 19.5 Å². The molecule has 0 aliphatic rings. The number of allylic oxidation sites excluding steroid dienone is 1. The van der Waals surface area contributed by atoms with Gasteiger partial charge in [-0.25, -0.2) is 13.2 Å². The van der Waals surface area contributed by atoms with Gasteiger partial charge in [0.15, 0.2) is 14.6 Å². The largest absolute Gasteiger partial charge is 0.497 e. The average molecular weight is 475 g/mol. The van der Waals surface area contributed by atoms with Gasteiger partial charge in [0.25, 0.3) is 5.91 Å². The molecule has 10 heteroatoms. The Bertz CT molecular complexity index is 1330. The highest BCUT2D eigenvalue weighted by Crippen LogP contribution is 2.21. The van der Waals surface area contributed by atoms with Crippen LogP contribution in [0.2, 0.25) is 0 Å². The van der Waals surface area contributed by atoms with Crippen LogP contribution in [0.3, 0.4) is 0 Å². The Balaban J connectivity index is 1.96. The highest BCUT2D eigenvalue weighted by Gasteiger charge is 2.20. The summed E-state index contributed by atoms with van der Waals surface area (Å²) < 4.78 is 37.7. The third kappa shape index (κ3) is 5.14. The molecule has 0 unspecified atom stereocenters. The normalized spacial score (nSPS) is 12.0. The van der Waals surface area contributed by atoms with Gasteiger partial charge in [0.05, 0.1) is 34.4 Å².